The summed E-state index contributed by atoms with van der Waals surface area (Å²) in [6.07, 6.45) is 3.12. The van der Waals surface area contributed by atoms with Crippen LogP contribution in [-0.2, 0) is 6.54 Å². The first kappa shape index (κ1) is 17.9. The summed E-state index contributed by atoms with van der Waals surface area (Å²) >= 11 is 1.75. The van der Waals surface area contributed by atoms with Crippen LogP contribution < -0.4 is 0 Å². The van der Waals surface area contributed by atoms with Gasteiger partial charge in [-0.3, -0.25) is 9.88 Å². The van der Waals surface area contributed by atoms with Crippen LogP contribution in [0.2, 0.25) is 0 Å². The van der Waals surface area contributed by atoms with E-state index in [1.165, 1.54) is 22.4 Å². The molecule has 0 radical (unpaired) electrons. The number of pyridine rings is 1. The lowest BCUT2D eigenvalue weighted by atomic mass is 9.97. The van der Waals surface area contributed by atoms with E-state index < -0.39 is 0 Å². The summed E-state index contributed by atoms with van der Waals surface area (Å²) in [5, 5.41) is 10.9. The Labute approximate surface area is 164 Å². The lowest BCUT2D eigenvalue weighted by Gasteiger charge is -2.15. The van der Waals surface area contributed by atoms with Crippen LogP contribution >= 0.6 is 11.3 Å². The molecule has 3 heterocycles. The van der Waals surface area contributed by atoms with E-state index in [0.29, 0.717) is 5.92 Å². The van der Waals surface area contributed by atoms with Crippen LogP contribution in [0.15, 0.2) is 60.1 Å². The summed E-state index contributed by atoms with van der Waals surface area (Å²) in [5.74, 6) is 6.25. The molecule has 0 unspecified atom stereocenters. The first-order valence-corrected chi connectivity index (χ1v) is 10.1. The van der Waals surface area contributed by atoms with E-state index in [4.69, 9.17) is 5.11 Å². The second-order valence-electron chi connectivity index (χ2n) is 6.82. The molecule has 1 N–H and O–H groups in total. The molecule has 27 heavy (non-hydrogen) atoms. The molecule has 1 fully saturated rings. The van der Waals surface area contributed by atoms with Crippen molar-refractivity contribution >= 4 is 11.3 Å². The molecular formula is C23H22N2OS. The fourth-order valence-corrected chi connectivity index (χ4v) is 4.46. The number of likely N-dealkylation sites (tertiary alicyclic amines) is 1. The highest BCUT2D eigenvalue weighted by molar-refractivity contribution is 7.10. The zero-order valence-corrected chi connectivity index (χ0v) is 16.0. The van der Waals surface area contributed by atoms with Crippen LogP contribution in [0.4, 0.5) is 0 Å². The second-order valence-corrected chi connectivity index (χ2v) is 7.82. The van der Waals surface area contributed by atoms with E-state index in [1.54, 1.807) is 11.3 Å². The van der Waals surface area contributed by atoms with Gasteiger partial charge in [-0.1, -0.05) is 42.2 Å². The van der Waals surface area contributed by atoms with E-state index in [9.17, 15) is 0 Å². The van der Waals surface area contributed by atoms with E-state index >= 15 is 0 Å². The Morgan fingerprint density at radius 2 is 2.07 bits per heavy atom. The fourth-order valence-electron chi connectivity index (χ4n) is 3.61. The monoisotopic (exact) mass is 374 g/mol. The predicted octanol–water partition coefficient (Wildman–Crippen LogP) is 4.14. The Kier molecular flexibility index (Phi) is 5.64. The Hall–Kier alpha value is -2.45. The molecule has 3 aromatic rings. The van der Waals surface area contributed by atoms with E-state index in [1.807, 2.05) is 12.3 Å². The standard InChI is InChI=1S/C23H22N2OS/c26-12-4-5-18-13-22(27-17-18)16-25-11-9-21(15-25)20-8-10-24-23(14-20)19-6-2-1-3-7-19/h1-3,6-8,10,13-14,17,21,26H,9,11-12,15-16H2/t21-/m1/s1. The topological polar surface area (TPSA) is 36.4 Å². The maximum absolute atomic E-state index is 8.81. The largest absolute Gasteiger partial charge is 0.384 e. The van der Waals surface area contributed by atoms with Crippen LogP contribution in [0.3, 0.4) is 0 Å². The minimum atomic E-state index is -0.0874. The molecular weight excluding hydrogens is 352 g/mol. The van der Waals surface area contributed by atoms with Gasteiger partial charge in [0.15, 0.2) is 0 Å². The molecule has 1 atom stereocenters. The third-order valence-corrected chi connectivity index (χ3v) is 5.86. The number of nitrogens with zero attached hydrogens (tertiary/aromatic N) is 2. The highest BCUT2D eigenvalue weighted by Crippen LogP contribution is 2.30. The maximum Gasteiger partial charge on any atom is 0.104 e. The Bertz CT molecular complexity index is 955. The van der Waals surface area contributed by atoms with Crippen LogP contribution in [-0.4, -0.2) is 34.7 Å². The van der Waals surface area contributed by atoms with Crippen LogP contribution in [0.1, 0.15) is 28.3 Å². The van der Waals surface area contributed by atoms with Gasteiger partial charge >= 0.3 is 0 Å². The smallest absolute Gasteiger partial charge is 0.104 e. The minimum Gasteiger partial charge on any atom is -0.384 e. The highest BCUT2D eigenvalue weighted by Gasteiger charge is 2.24. The zero-order valence-electron chi connectivity index (χ0n) is 15.1. The molecule has 0 bridgehead atoms. The van der Waals surface area contributed by atoms with Crippen molar-refractivity contribution in [1.29, 1.82) is 0 Å². The van der Waals surface area contributed by atoms with Crippen LogP contribution in [0, 0.1) is 11.8 Å². The van der Waals surface area contributed by atoms with Crippen molar-refractivity contribution in [2.45, 2.75) is 18.9 Å². The van der Waals surface area contributed by atoms with Gasteiger partial charge in [0.25, 0.3) is 0 Å². The summed E-state index contributed by atoms with van der Waals surface area (Å²) < 4.78 is 0. The summed E-state index contributed by atoms with van der Waals surface area (Å²) in [6.45, 7) is 3.07. The number of hydrogen-bond donors (Lipinski definition) is 1. The van der Waals surface area contributed by atoms with Crippen molar-refractivity contribution < 1.29 is 5.11 Å². The lowest BCUT2D eigenvalue weighted by Crippen LogP contribution is -2.19. The van der Waals surface area contributed by atoms with Gasteiger partial charge in [-0.05, 0) is 42.6 Å². The van der Waals surface area contributed by atoms with Crippen LogP contribution in [0.5, 0.6) is 0 Å². The Morgan fingerprint density at radius 1 is 1.19 bits per heavy atom. The molecule has 1 aromatic carbocycles. The molecule has 0 saturated carbocycles. The summed E-state index contributed by atoms with van der Waals surface area (Å²) in [4.78, 5) is 8.40. The van der Waals surface area contributed by atoms with Gasteiger partial charge in [0.1, 0.15) is 6.61 Å². The predicted molar refractivity (Wildman–Crippen MR) is 111 cm³/mol. The maximum atomic E-state index is 8.81. The molecule has 1 aliphatic heterocycles. The number of rotatable bonds is 4. The van der Waals surface area contributed by atoms with Gasteiger partial charge in [0.2, 0.25) is 0 Å². The number of hydrogen-bond acceptors (Lipinski definition) is 4. The molecule has 3 nitrogen and oxygen atoms in total. The van der Waals surface area contributed by atoms with Gasteiger partial charge in [-0.2, -0.15) is 0 Å². The summed E-state index contributed by atoms with van der Waals surface area (Å²) in [6, 6.07) is 16.9. The van der Waals surface area contributed by atoms with Gasteiger partial charge in [-0.25, -0.2) is 0 Å². The lowest BCUT2D eigenvalue weighted by molar-refractivity contribution is 0.330. The van der Waals surface area contributed by atoms with Crippen molar-refractivity contribution in [3.8, 4) is 23.1 Å². The molecule has 0 amide bonds. The highest BCUT2D eigenvalue weighted by atomic mass is 32.1. The van der Waals surface area contributed by atoms with E-state index in [-0.39, 0.29) is 6.61 Å². The third kappa shape index (κ3) is 4.45. The molecule has 136 valence electrons. The quantitative estimate of drug-likeness (QED) is 0.697. The van der Waals surface area contributed by atoms with Gasteiger partial charge < -0.3 is 5.11 Å². The fraction of sp³-hybridized carbons (Fsp3) is 0.261. The first-order valence-electron chi connectivity index (χ1n) is 9.22. The number of thiophene rings is 1. The molecule has 4 heteroatoms. The SMILES string of the molecule is OCC#Cc1csc(CN2CC[C@@H](c3ccnc(-c4ccccc4)c3)C2)c1. The van der Waals surface area contributed by atoms with Crippen molar-refractivity contribution in [2.75, 3.05) is 19.7 Å². The van der Waals surface area contributed by atoms with Crippen molar-refractivity contribution in [3.63, 3.8) is 0 Å². The van der Waals surface area contributed by atoms with E-state index in [2.05, 4.69) is 69.6 Å². The van der Waals surface area contributed by atoms with Crippen molar-refractivity contribution in [1.82, 2.24) is 9.88 Å². The van der Waals surface area contributed by atoms with Crippen LogP contribution in [0.25, 0.3) is 11.3 Å². The average Bonchev–Trinajstić information content (AvgIpc) is 3.37. The molecule has 0 aliphatic carbocycles. The van der Waals surface area contributed by atoms with Gasteiger partial charge in [0, 0.05) is 40.7 Å². The first-order chi connectivity index (χ1) is 13.3. The average molecular weight is 375 g/mol. The number of aliphatic hydroxyl groups is 1. The van der Waals surface area contributed by atoms with Gasteiger partial charge in [-0.15, -0.1) is 11.3 Å². The molecule has 2 aromatic heterocycles. The zero-order chi connectivity index (χ0) is 18.5. The van der Waals surface area contributed by atoms with E-state index in [0.717, 1.165) is 30.9 Å². The molecule has 1 aliphatic rings. The summed E-state index contributed by atoms with van der Waals surface area (Å²) in [7, 11) is 0. The van der Waals surface area contributed by atoms with Gasteiger partial charge in [0.05, 0.1) is 5.69 Å². The number of benzene rings is 1. The molecule has 1 saturated heterocycles. The minimum absolute atomic E-state index is 0.0874. The number of aliphatic hydroxyl groups excluding tert-OH is 1. The Balaban J connectivity index is 1.42. The Morgan fingerprint density at radius 3 is 2.93 bits per heavy atom. The van der Waals surface area contributed by atoms with Crippen molar-refractivity contribution in [3.05, 3.63) is 76.1 Å². The second kappa shape index (κ2) is 8.49. The number of aromatic nitrogens is 1. The van der Waals surface area contributed by atoms with Crippen molar-refractivity contribution in [2.24, 2.45) is 0 Å². The molecule has 4 rings (SSSR count). The third-order valence-electron chi connectivity index (χ3n) is 4.94. The normalized spacial score (nSPS) is 16.9. The summed E-state index contributed by atoms with van der Waals surface area (Å²) in [5.41, 5.74) is 4.61. The molecule has 0 spiro atoms.